The third-order valence-corrected chi connectivity index (χ3v) is 4.52. The Hall–Kier alpha value is -2.05. The SMILES string of the molecule is Brc1ccc(-c2ccnc3nc(-c4cccs4)nn23)cc1. The average molecular weight is 357 g/mol. The molecule has 3 aromatic heterocycles. The highest BCUT2D eigenvalue weighted by molar-refractivity contribution is 9.10. The van der Waals surface area contributed by atoms with Crippen LogP contribution < -0.4 is 0 Å². The van der Waals surface area contributed by atoms with E-state index < -0.39 is 0 Å². The van der Waals surface area contributed by atoms with Crippen LogP contribution in [0.2, 0.25) is 0 Å². The van der Waals surface area contributed by atoms with E-state index in [9.17, 15) is 0 Å². The zero-order valence-corrected chi connectivity index (χ0v) is 13.2. The molecule has 0 bridgehead atoms. The molecular weight excluding hydrogens is 348 g/mol. The van der Waals surface area contributed by atoms with Gasteiger partial charge in [-0.1, -0.05) is 34.1 Å². The van der Waals surface area contributed by atoms with E-state index >= 15 is 0 Å². The zero-order chi connectivity index (χ0) is 14.2. The molecule has 0 N–H and O–H groups in total. The van der Waals surface area contributed by atoms with Gasteiger partial charge in [0.15, 0.2) is 5.82 Å². The molecular formula is C15H9BrN4S. The third-order valence-electron chi connectivity index (χ3n) is 3.12. The summed E-state index contributed by atoms with van der Waals surface area (Å²) in [6, 6.07) is 14.1. The lowest BCUT2D eigenvalue weighted by atomic mass is 10.1. The molecule has 3 heterocycles. The minimum absolute atomic E-state index is 0.610. The number of hydrogen-bond acceptors (Lipinski definition) is 4. The first kappa shape index (κ1) is 12.7. The predicted octanol–water partition coefficient (Wildman–Crippen LogP) is 4.28. The smallest absolute Gasteiger partial charge is 0.220 e. The maximum atomic E-state index is 4.60. The first-order chi connectivity index (χ1) is 10.3. The molecule has 0 unspecified atom stereocenters. The van der Waals surface area contributed by atoms with Gasteiger partial charge < -0.3 is 0 Å². The van der Waals surface area contributed by atoms with Crippen molar-refractivity contribution in [2.75, 3.05) is 0 Å². The highest BCUT2D eigenvalue weighted by atomic mass is 79.9. The lowest BCUT2D eigenvalue weighted by molar-refractivity contribution is 0.952. The van der Waals surface area contributed by atoms with Crippen molar-refractivity contribution in [2.24, 2.45) is 0 Å². The van der Waals surface area contributed by atoms with E-state index in [1.807, 2.05) is 47.8 Å². The van der Waals surface area contributed by atoms with Crippen molar-refractivity contribution in [3.8, 4) is 22.0 Å². The Morgan fingerprint density at radius 2 is 1.90 bits per heavy atom. The second-order valence-electron chi connectivity index (χ2n) is 4.46. The molecule has 0 saturated carbocycles. The van der Waals surface area contributed by atoms with Gasteiger partial charge in [-0.15, -0.1) is 16.4 Å². The van der Waals surface area contributed by atoms with Gasteiger partial charge in [0.2, 0.25) is 0 Å². The molecule has 102 valence electrons. The van der Waals surface area contributed by atoms with Crippen molar-refractivity contribution in [3.63, 3.8) is 0 Å². The van der Waals surface area contributed by atoms with Crippen molar-refractivity contribution < 1.29 is 0 Å². The lowest BCUT2D eigenvalue weighted by Crippen LogP contribution is -1.95. The van der Waals surface area contributed by atoms with Gasteiger partial charge in [0.1, 0.15) is 0 Å². The topological polar surface area (TPSA) is 43.1 Å². The van der Waals surface area contributed by atoms with E-state index in [-0.39, 0.29) is 0 Å². The van der Waals surface area contributed by atoms with E-state index in [4.69, 9.17) is 0 Å². The van der Waals surface area contributed by atoms with E-state index in [0.717, 1.165) is 20.6 Å². The van der Waals surface area contributed by atoms with E-state index in [1.54, 1.807) is 22.0 Å². The van der Waals surface area contributed by atoms with E-state index in [0.29, 0.717) is 11.6 Å². The summed E-state index contributed by atoms with van der Waals surface area (Å²) in [5.41, 5.74) is 2.05. The van der Waals surface area contributed by atoms with Gasteiger partial charge >= 0.3 is 0 Å². The lowest BCUT2D eigenvalue weighted by Gasteiger charge is -2.03. The van der Waals surface area contributed by atoms with E-state index in [1.165, 1.54) is 0 Å². The summed E-state index contributed by atoms with van der Waals surface area (Å²) in [6.45, 7) is 0. The van der Waals surface area contributed by atoms with Gasteiger partial charge in [0, 0.05) is 16.2 Å². The first-order valence-electron chi connectivity index (χ1n) is 6.33. The Kier molecular flexibility index (Phi) is 3.05. The minimum Gasteiger partial charge on any atom is -0.220 e. The Morgan fingerprint density at radius 1 is 1.05 bits per heavy atom. The molecule has 0 amide bonds. The fourth-order valence-corrected chi connectivity index (χ4v) is 3.06. The normalized spacial score (nSPS) is 11.1. The maximum absolute atomic E-state index is 4.60. The molecule has 0 aliphatic heterocycles. The van der Waals surface area contributed by atoms with Crippen LogP contribution in [0.4, 0.5) is 0 Å². The fraction of sp³-hybridized carbons (Fsp3) is 0. The molecule has 0 atom stereocenters. The summed E-state index contributed by atoms with van der Waals surface area (Å²) >= 11 is 5.07. The van der Waals surface area contributed by atoms with Gasteiger partial charge in [-0.3, -0.25) is 0 Å². The van der Waals surface area contributed by atoms with Gasteiger partial charge in [-0.2, -0.15) is 9.50 Å². The summed E-state index contributed by atoms with van der Waals surface area (Å²) in [6.07, 6.45) is 1.76. The first-order valence-corrected chi connectivity index (χ1v) is 8.00. The van der Waals surface area contributed by atoms with Crippen molar-refractivity contribution >= 4 is 33.0 Å². The number of halogens is 1. The molecule has 0 fully saturated rings. The summed E-state index contributed by atoms with van der Waals surface area (Å²) in [5, 5.41) is 6.61. The molecule has 0 aliphatic rings. The molecule has 21 heavy (non-hydrogen) atoms. The molecule has 0 spiro atoms. The average Bonchev–Trinajstić information content (AvgIpc) is 3.16. The van der Waals surface area contributed by atoms with Crippen molar-refractivity contribution in [2.45, 2.75) is 0 Å². The molecule has 4 aromatic rings. The van der Waals surface area contributed by atoms with Crippen molar-refractivity contribution in [1.82, 2.24) is 19.6 Å². The van der Waals surface area contributed by atoms with Crippen molar-refractivity contribution in [1.29, 1.82) is 0 Å². The summed E-state index contributed by atoms with van der Waals surface area (Å²) < 4.78 is 2.84. The van der Waals surface area contributed by atoms with E-state index in [2.05, 4.69) is 31.0 Å². The monoisotopic (exact) mass is 356 g/mol. The van der Waals surface area contributed by atoms with Crippen molar-refractivity contribution in [3.05, 3.63) is 58.5 Å². The Balaban J connectivity index is 1.92. The largest absolute Gasteiger partial charge is 0.253 e. The van der Waals surface area contributed by atoms with Crippen LogP contribution in [-0.2, 0) is 0 Å². The molecule has 6 heteroatoms. The molecule has 1 aromatic carbocycles. The van der Waals surface area contributed by atoms with Crippen LogP contribution in [0, 0.1) is 0 Å². The molecule has 0 saturated heterocycles. The molecule has 4 rings (SSSR count). The molecule has 0 aliphatic carbocycles. The number of thiophene rings is 1. The van der Waals surface area contributed by atoms with Gasteiger partial charge in [0.25, 0.3) is 5.78 Å². The van der Waals surface area contributed by atoms with Gasteiger partial charge in [-0.25, -0.2) is 4.98 Å². The number of hydrogen-bond donors (Lipinski definition) is 0. The number of nitrogens with zero attached hydrogens (tertiary/aromatic N) is 4. The third kappa shape index (κ3) is 2.26. The number of rotatable bonds is 2. The second kappa shape index (κ2) is 5.05. The minimum atomic E-state index is 0.610. The standard InChI is InChI=1S/C15H9BrN4S/c16-11-5-3-10(4-6-11)12-7-8-17-15-18-14(19-20(12)15)13-2-1-9-21-13/h1-9H. The Morgan fingerprint density at radius 3 is 2.67 bits per heavy atom. The van der Waals surface area contributed by atoms with Crippen LogP contribution in [0.5, 0.6) is 0 Å². The van der Waals surface area contributed by atoms with Crippen LogP contribution in [-0.4, -0.2) is 19.6 Å². The zero-order valence-electron chi connectivity index (χ0n) is 10.8. The van der Waals surface area contributed by atoms with Gasteiger partial charge in [-0.05, 0) is 29.6 Å². The summed E-state index contributed by atoms with van der Waals surface area (Å²) in [5.74, 6) is 1.32. The van der Waals surface area contributed by atoms with Crippen LogP contribution in [0.25, 0.3) is 27.7 Å². The number of benzene rings is 1. The highest BCUT2D eigenvalue weighted by Crippen LogP contribution is 2.25. The summed E-state index contributed by atoms with van der Waals surface area (Å²) in [7, 11) is 0. The number of aromatic nitrogens is 4. The molecule has 0 radical (unpaired) electrons. The number of fused-ring (bicyclic) bond motifs is 1. The summed E-state index contributed by atoms with van der Waals surface area (Å²) in [4.78, 5) is 9.84. The van der Waals surface area contributed by atoms with Crippen LogP contribution >= 0.6 is 27.3 Å². The predicted molar refractivity (Wildman–Crippen MR) is 87.2 cm³/mol. The highest BCUT2D eigenvalue weighted by Gasteiger charge is 2.11. The Labute approximate surface area is 133 Å². The van der Waals surface area contributed by atoms with Gasteiger partial charge in [0.05, 0.1) is 10.6 Å². The van der Waals surface area contributed by atoms with Crippen LogP contribution in [0.1, 0.15) is 0 Å². The van der Waals surface area contributed by atoms with Crippen LogP contribution in [0.15, 0.2) is 58.5 Å². The maximum Gasteiger partial charge on any atom is 0.253 e. The quantitative estimate of drug-likeness (QED) is 0.538. The molecule has 4 nitrogen and oxygen atoms in total. The Bertz CT molecular complexity index is 897. The second-order valence-corrected chi connectivity index (χ2v) is 6.32. The fourth-order valence-electron chi connectivity index (χ4n) is 2.14. The van der Waals surface area contributed by atoms with Crippen LogP contribution in [0.3, 0.4) is 0 Å².